The Morgan fingerprint density at radius 2 is 1.90 bits per heavy atom. The van der Waals surface area contributed by atoms with Crippen LogP contribution in [0.4, 0.5) is 0 Å². The van der Waals surface area contributed by atoms with Gasteiger partial charge in [0.2, 0.25) is 5.91 Å². The van der Waals surface area contributed by atoms with E-state index >= 15 is 0 Å². The Bertz CT molecular complexity index is 425. The van der Waals surface area contributed by atoms with E-state index in [-0.39, 0.29) is 24.2 Å². The quantitative estimate of drug-likeness (QED) is 0.916. The first-order valence-corrected chi connectivity index (χ1v) is 7.30. The zero-order valence-electron chi connectivity index (χ0n) is 12.3. The van der Waals surface area contributed by atoms with Gasteiger partial charge in [-0.25, -0.2) is 0 Å². The number of nitrogens with zero attached hydrogens (tertiary/aromatic N) is 1. The van der Waals surface area contributed by atoms with E-state index in [4.69, 9.17) is 10.5 Å². The van der Waals surface area contributed by atoms with E-state index in [1.165, 1.54) is 0 Å². The van der Waals surface area contributed by atoms with E-state index in [9.17, 15) is 4.79 Å². The molecule has 110 valence electrons. The summed E-state index contributed by atoms with van der Waals surface area (Å²) < 4.78 is 5.64. The molecule has 0 radical (unpaired) electrons. The van der Waals surface area contributed by atoms with Gasteiger partial charge < -0.3 is 15.4 Å². The third-order valence-corrected chi connectivity index (χ3v) is 3.67. The fraction of sp³-hybridized carbons (Fsp3) is 0.562. The van der Waals surface area contributed by atoms with Gasteiger partial charge in [0, 0.05) is 25.6 Å². The smallest absolute Gasteiger partial charge is 0.222 e. The van der Waals surface area contributed by atoms with Gasteiger partial charge in [0.25, 0.3) is 0 Å². The van der Waals surface area contributed by atoms with Gasteiger partial charge in [0.05, 0.1) is 12.2 Å². The monoisotopic (exact) mass is 276 g/mol. The van der Waals surface area contributed by atoms with E-state index in [1.54, 1.807) is 0 Å². The van der Waals surface area contributed by atoms with Crippen LogP contribution in [0.1, 0.15) is 38.3 Å². The summed E-state index contributed by atoms with van der Waals surface area (Å²) in [6, 6.07) is 9.86. The average Bonchev–Trinajstić information content (AvgIpc) is 2.44. The van der Waals surface area contributed by atoms with Crippen molar-refractivity contribution in [2.24, 2.45) is 5.73 Å². The predicted octanol–water partition coefficient (Wildman–Crippen LogP) is 2.10. The lowest BCUT2D eigenvalue weighted by Crippen LogP contribution is -2.48. The maximum absolute atomic E-state index is 12.2. The van der Waals surface area contributed by atoms with E-state index < -0.39 is 0 Å². The summed E-state index contributed by atoms with van der Waals surface area (Å²) in [6.45, 7) is 5.38. The molecular weight excluding hydrogens is 252 g/mol. The van der Waals surface area contributed by atoms with E-state index in [2.05, 4.69) is 0 Å². The second kappa shape index (κ2) is 6.86. The predicted molar refractivity (Wildman–Crippen MR) is 79.2 cm³/mol. The molecule has 1 amide bonds. The molecule has 1 saturated heterocycles. The average molecular weight is 276 g/mol. The van der Waals surface area contributed by atoms with Crippen LogP contribution in [0.25, 0.3) is 0 Å². The lowest BCUT2D eigenvalue weighted by molar-refractivity contribution is -0.143. The van der Waals surface area contributed by atoms with Gasteiger partial charge in [0.1, 0.15) is 0 Å². The van der Waals surface area contributed by atoms with Crippen LogP contribution in [-0.4, -0.2) is 36.1 Å². The van der Waals surface area contributed by atoms with Crippen molar-refractivity contribution >= 4 is 5.91 Å². The van der Waals surface area contributed by atoms with E-state index in [1.807, 2.05) is 49.1 Å². The number of carbonyl (C=O) groups excluding carboxylic acids is 1. The third-order valence-electron chi connectivity index (χ3n) is 3.67. The van der Waals surface area contributed by atoms with Crippen LogP contribution >= 0.6 is 0 Å². The lowest BCUT2D eigenvalue weighted by Gasteiger charge is -2.35. The van der Waals surface area contributed by atoms with Gasteiger partial charge in [-0.05, 0) is 25.8 Å². The standard InChI is InChI=1S/C16H24N2O2/c1-12-10-18(11-13(2)20-12)16(19)9-8-15(17)14-6-4-3-5-7-14/h3-7,12-13,15H,8-11,17H2,1-2H3/t12-,13+,15?. The molecule has 4 nitrogen and oxygen atoms in total. The summed E-state index contributed by atoms with van der Waals surface area (Å²) in [7, 11) is 0. The number of morpholine rings is 1. The molecule has 1 heterocycles. The Labute approximate surface area is 120 Å². The number of ether oxygens (including phenoxy) is 1. The molecule has 2 N–H and O–H groups in total. The van der Waals surface area contributed by atoms with Crippen LogP contribution in [0.3, 0.4) is 0 Å². The number of rotatable bonds is 4. The van der Waals surface area contributed by atoms with Gasteiger partial charge in [-0.1, -0.05) is 30.3 Å². The summed E-state index contributed by atoms with van der Waals surface area (Å²) in [5, 5.41) is 0. The highest BCUT2D eigenvalue weighted by Crippen LogP contribution is 2.17. The molecule has 1 aromatic carbocycles. The highest BCUT2D eigenvalue weighted by molar-refractivity contribution is 5.76. The first-order valence-electron chi connectivity index (χ1n) is 7.30. The number of nitrogens with two attached hydrogens (primary N) is 1. The van der Waals surface area contributed by atoms with E-state index in [0.29, 0.717) is 25.9 Å². The molecule has 1 fully saturated rings. The van der Waals surface area contributed by atoms with Crippen LogP contribution in [0.2, 0.25) is 0 Å². The molecule has 1 aliphatic rings. The molecule has 0 aliphatic carbocycles. The van der Waals surface area contributed by atoms with Crippen molar-refractivity contribution in [2.45, 2.75) is 44.9 Å². The molecule has 3 atom stereocenters. The molecule has 0 aromatic heterocycles. The molecule has 20 heavy (non-hydrogen) atoms. The highest BCUT2D eigenvalue weighted by atomic mass is 16.5. The number of hydrogen-bond acceptors (Lipinski definition) is 3. The molecule has 0 saturated carbocycles. The summed E-state index contributed by atoms with van der Waals surface area (Å²) in [5.41, 5.74) is 7.22. The molecule has 2 rings (SSSR count). The SMILES string of the molecule is C[C@@H]1CN(C(=O)CCC(N)c2ccccc2)C[C@H](C)O1. The minimum atomic E-state index is -0.0731. The minimum absolute atomic E-state index is 0.0731. The molecule has 1 unspecified atom stereocenters. The maximum Gasteiger partial charge on any atom is 0.222 e. The zero-order valence-corrected chi connectivity index (χ0v) is 12.3. The first kappa shape index (κ1) is 15.0. The van der Waals surface area contributed by atoms with Gasteiger partial charge >= 0.3 is 0 Å². The molecule has 0 bridgehead atoms. The van der Waals surface area contributed by atoms with Crippen LogP contribution in [0.15, 0.2) is 30.3 Å². The summed E-state index contributed by atoms with van der Waals surface area (Å²) in [5.74, 6) is 0.179. The first-order chi connectivity index (χ1) is 9.56. The Hall–Kier alpha value is -1.39. The van der Waals surface area contributed by atoms with Crippen molar-refractivity contribution in [2.75, 3.05) is 13.1 Å². The van der Waals surface area contributed by atoms with Crippen LogP contribution in [0.5, 0.6) is 0 Å². The zero-order chi connectivity index (χ0) is 14.5. The summed E-state index contributed by atoms with van der Waals surface area (Å²) in [6.07, 6.45) is 1.41. The summed E-state index contributed by atoms with van der Waals surface area (Å²) >= 11 is 0. The van der Waals surface area contributed by atoms with Crippen molar-refractivity contribution < 1.29 is 9.53 Å². The van der Waals surface area contributed by atoms with Gasteiger partial charge in [-0.3, -0.25) is 4.79 Å². The number of carbonyl (C=O) groups is 1. The van der Waals surface area contributed by atoms with Crippen molar-refractivity contribution in [3.63, 3.8) is 0 Å². The van der Waals surface area contributed by atoms with Gasteiger partial charge in [0.15, 0.2) is 0 Å². The maximum atomic E-state index is 12.2. The normalized spacial score (nSPS) is 24.4. The largest absolute Gasteiger partial charge is 0.372 e. The van der Waals surface area contributed by atoms with Crippen molar-refractivity contribution in [1.29, 1.82) is 0 Å². The second-order valence-electron chi connectivity index (χ2n) is 5.61. The Morgan fingerprint density at radius 1 is 1.30 bits per heavy atom. The van der Waals surface area contributed by atoms with Gasteiger partial charge in [-0.2, -0.15) is 0 Å². The van der Waals surface area contributed by atoms with Crippen LogP contribution < -0.4 is 5.73 Å². The Morgan fingerprint density at radius 3 is 2.50 bits per heavy atom. The fourth-order valence-corrected chi connectivity index (χ4v) is 2.69. The van der Waals surface area contributed by atoms with Crippen molar-refractivity contribution in [3.8, 4) is 0 Å². The van der Waals surface area contributed by atoms with Crippen LogP contribution in [0, 0.1) is 0 Å². The third kappa shape index (κ3) is 4.05. The Balaban J connectivity index is 1.83. The van der Waals surface area contributed by atoms with Crippen LogP contribution in [-0.2, 0) is 9.53 Å². The number of hydrogen-bond donors (Lipinski definition) is 1. The minimum Gasteiger partial charge on any atom is -0.372 e. The van der Waals surface area contributed by atoms with Crippen molar-refractivity contribution in [1.82, 2.24) is 4.90 Å². The van der Waals surface area contributed by atoms with E-state index in [0.717, 1.165) is 5.56 Å². The lowest BCUT2D eigenvalue weighted by atomic mass is 10.0. The fourth-order valence-electron chi connectivity index (χ4n) is 2.69. The van der Waals surface area contributed by atoms with Crippen molar-refractivity contribution in [3.05, 3.63) is 35.9 Å². The Kier molecular flexibility index (Phi) is 5.15. The molecule has 1 aliphatic heterocycles. The molecule has 0 spiro atoms. The molecule has 4 heteroatoms. The summed E-state index contributed by atoms with van der Waals surface area (Å²) in [4.78, 5) is 14.1. The molecule has 1 aromatic rings. The highest BCUT2D eigenvalue weighted by Gasteiger charge is 2.25. The molecular formula is C16H24N2O2. The topological polar surface area (TPSA) is 55.6 Å². The number of amides is 1. The number of benzene rings is 1. The second-order valence-corrected chi connectivity index (χ2v) is 5.61. The van der Waals surface area contributed by atoms with Gasteiger partial charge in [-0.15, -0.1) is 0 Å².